The Labute approximate surface area is 156 Å². The lowest BCUT2D eigenvalue weighted by molar-refractivity contribution is 0.0529. The zero-order valence-electron chi connectivity index (χ0n) is 13.0. The molecule has 1 aliphatic heterocycles. The Bertz CT molecular complexity index is 757. The molecule has 3 rings (SSSR count). The standard InChI is InChI=1S/C16H16Br2N4O2/c1-10-9-22(7-8-24-10)14-4-2-3-13(20-14)21-16(23)11-5-6-12(17)19-15(11)18/h2-6,10H,7-9H2,1H3,(H,20,21,23)/t10-/m1/s1. The van der Waals surface area contributed by atoms with Gasteiger partial charge >= 0.3 is 0 Å². The third kappa shape index (κ3) is 4.12. The number of pyridine rings is 2. The molecule has 8 heteroatoms. The number of carbonyl (C=O) groups excluding carboxylic acids is 1. The first-order valence-corrected chi connectivity index (χ1v) is 9.08. The van der Waals surface area contributed by atoms with Gasteiger partial charge in [-0.15, -0.1) is 0 Å². The van der Waals surface area contributed by atoms with Gasteiger partial charge in [0.25, 0.3) is 5.91 Å². The summed E-state index contributed by atoms with van der Waals surface area (Å²) >= 11 is 6.57. The minimum absolute atomic E-state index is 0.170. The van der Waals surface area contributed by atoms with Gasteiger partial charge in [0.2, 0.25) is 0 Å². The van der Waals surface area contributed by atoms with E-state index in [1.807, 2.05) is 19.1 Å². The maximum Gasteiger partial charge on any atom is 0.259 e. The monoisotopic (exact) mass is 454 g/mol. The van der Waals surface area contributed by atoms with Crippen molar-refractivity contribution in [2.24, 2.45) is 0 Å². The van der Waals surface area contributed by atoms with Gasteiger partial charge in [-0.2, -0.15) is 0 Å². The van der Waals surface area contributed by atoms with Crippen LogP contribution in [0, 0.1) is 0 Å². The van der Waals surface area contributed by atoms with Crippen molar-refractivity contribution in [1.29, 1.82) is 0 Å². The maximum absolute atomic E-state index is 12.4. The summed E-state index contributed by atoms with van der Waals surface area (Å²) in [5.74, 6) is 1.07. The van der Waals surface area contributed by atoms with Crippen LogP contribution >= 0.6 is 31.9 Å². The first-order chi connectivity index (χ1) is 11.5. The second-order valence-electron chi connectivity index (χ2n) is 5.43. The number of rotatable bonds is 3. The molecule has 2 aromatic heterocycles. The minimum atomic E-state index is -0.262. The highest BCUT2D eigenvalue weighted by Crippen LogP contribution is 2.21. The molecule has 6 nitrogen and oxygen atoms in total. The number of nitrogens with zero attached hydrogens (tertiary/aromatic N) is 3. The lowest BCUT2D eigenvalue weighted by Crippen LogP contribution is -2.41. The van der Waals surface area contributed by atoms with Gasteiger partial charge in [0.1, 0.15) is 20.8 Å². The molecule has 24 heavy (non-hydrogen) atoms. The van der Waals surface area contributed by atoms with Gasteiger partial charge in [-0.3, -0.25) is 4.79 Å². The van der Waals surface area contributed by atoms with E-state index < -0.39 is 0 Å². The average molecular weight is 456 g/mol. The fraction of sp³-hybridized carbons (Fsp3) is 0.312. The average Bonchev–Trinajstić information content (AvgIpc) is 2.55. The quantitative estimate of drug-likeness (QED) is 0.717. The Hall–Kier alpha value is -1.51. The molecule has 0 aromatic carbocycles. The van der Waals surface area contributed by atoms with E-state index in [1.54, 1.807) is 18.2 Å². The largest absolute Gasteiger partial charge is 0.375 e. The molecule has 1 fully saturated rings. The highest BCUT2D eigenvalue weighted by atomic mass is 79.9. The summed E-state index contributed by atoms with van der Waals surface area (Å²) in [5.41, 5.74) is 0.449. The lowest BCUT2D eigenvalue weighted by Gasteiger charge is -2.32. The topological polar surface area (TPSA) is 67.4 Å². The summed E-state index contributed by atoms with van der Waals surface area (Å²) < 4.78 is 6.69. The van der Waals surface area contributed by atoms with Crippen molar-refractivity contribution >= 4 is 49.4 Å². The Morgan fingerprint density at radius 1 is 1.29 bits per heavy atom. The molecule has 3 heterocycles. The van der Waals surface area contributed by atoms with Crippen LogP contribution < -0.4 is 10.2 Å². The van der Waals surface area contributed by atoms with Gasteiger partial charge in [-0.05, 0) is 63.0 Å². The zero-order valence-corrected chi connectivity index (χ0v) is 16.2. The van der Waals surface area contributed by atoms with Crippen LogP contribution in [0.5, 0.6) is 0 Å². The lowest BCUT2D eigenvalue weighted by atomic mass is 10.2. The summed E-state index contributed by atoms with van der Waals surface area (Å²) in [6.07, 6.45) is 0.170. The second kappa shape index (κ2) is 7.58. The summed E-state index contributed by atoms with van der Waals surface area (Å²) in [5, 5.41) is 2.82. The molecule has 0 spiro atoms. The van der Waals surface area contributed by atoms with E-state index in [4.69, 9.17) is 4.74 Å². The number of ether oxygens (including phenoxy) is 1. The molecule has 1 amide bonds. The molecule has 2 aromatic rings. The molecule has 1 saturated heterocycles. The van der Waals surface area contributed by atoms with Crippen LogP contribution in [0.1, 0.15) is 17.3 Å². The molecule has 0 bridgehead atoms. The van der Waals surface area contributed by atoms with Crippen molar-refractivity contribution in [1.82, 2.24) is 9.97 Å². The molecule has 1 N–H and O–H groups in total. The van der Waals surface area contributed by atoms with Gasteiger partial charge in [-0.25, -0.2) is 9.97 Å². The smallest absolute Gasteiger partial charge is 0.259 e. The number of carbonyl (C=O) groups is 1. The SMILES string of the molecule is C[C@@H]1CN(c2cccc(NC(=O)c3ccc(Br)nc3Br)n2)CCO1. The van der Waals surface area contributed by atoms with Crippen molar-refractivity contribution in [3.8, 4) is 0 Å². The van der Waals surface area contributed by atoms with Crippen LogP contribution in [-0.4, -0.2) is 41.7 Å². The first kappa shape index (κ1) is 17.3. The molecule has 1 atom stereocenters. The Morgan fingerprint density at radius 2 is 2.12 bits per heavy atom. The van der Waals surface area contributed by atoms with E-state index in [9.17, 15) is 4.79 Å². The number of anilines is 2. The summed E-state index contributed by atoms with van der Waals surface area (Å²) in [6, 6.07) is 9.01. The molecule has 0 unspecified atom stereocenters. The summed E-state index contributed by atoms with van der Waals surface area (Å²) in [7, 11) is 0. The summed E-state index contributed by atoms with van der Waals surface area (Å²) in [6.45, 7) is 4.29. The number of nitrogens with one attached hydrogen (secondary N) is 1. The van der Waals surface area contributed by atoms with Crippen molar-refractivity contribution in [3.63, 3.8) is 0 Å². The zero-order chi connectivity index (χ0) is 17.1. The number of halogens is 2. The van der Waals surface area contributed by atoms with E-state index >= 15 is 0 Å². The molecular formula is C16H16Br2N4O2. The fourth-order valence-electron chi connectivity index (χ4n) is 2.46. The Morgan fingerprint density at radius 3 is 2.88 bits per heavy atom. The van der Waals surface area contributed by atoms with Crippen LogP contribution in [0.25, 0.3) is 0 Å². The van der Waals surface area contributed by atoms with Crippen molar-refractivity contribution < 1.29 is 9.53 Å². The first-order valence-electron chi connectivity index (χ1n) is 7.50. The molecular weight excluding hydrogens is 440 g/mol. The highest BCUT2D eigenvalue weighted by Gasteiger charge is 2.19. The molecule has 126 valence electrons. The van der Waals surface area contributed by atoms with Gasteiger partial charge in [0.15, 0.2) is 0 Å². The van der Waals surface area contributed by atoms with Crippen LogP contribution in [0.15, 0.2) is 39.5 Å². The predicted octanol–water partition coefficient (Wildman–Crippen LogP) is 3.48. The van der Waals surface area contributed by atoms with Gasteiger partial charge < -0.3 is 15.0 Å². The normalized spacial score (nSPS) is 17.6. The molecule has 0 saturated carbocycles. The molecule has 1 aliphatic rings. The second-order valence-corrected chi connectivity index (χ2v) is 7.00. The van der Waals surface area contributed by atoms with Crippen LogP contribution in [0.2, 0.25) is 0 Å². The third-order valence-electron chi connectivity index (χ3n) is 3.60. The Kier molecular flexibility index (Phi) is 5.47. The van der Waals surface area contributed by atoms with E-state index in [0.717, 1.165) is 18.9 Å². The third-order valence-corrected chi connectivity index (χ3v) is 4.65. The Balaban J connectivity index is 1.75. The minimum Gasteiger partial charge on any atom is -0.375 e. The number of morpholine rings is 1. The van der Waals surface area contributed by atoms with E-state index in [0.29, 0.717) is 27.2 Å². The number of amides is 1. The van der Waals surface area contributed by atoms with E-state index in [-0.39, 0.29) is 12.0 Å². The van der Waals surface area contributed by atoms with Crippen LogP contribution in [0.4, 0.5) is 11.6 Å². The molecule has 0 radical (unpaired) electrons. The maximum atomic E-state index is 12.4. The van der Waals surface area contributed by atoms with Crippen LogP contribution in [-0.2, 0) is 4.74 Å². The van der Waals surface area contributed by atoms with Crippen molar-refractivity contribution in [2.45, 2.75) is 13.0 Å². The van der Waals surface area contributed by atoms with Crippen molar-refractivity contribution in [3.05, 3.63) is 45.1 Å². The predicted molar refractivity (Wildman–Crippen MR) is 99.5 cm³/mol. The van der Waals surface area contributed by atoms with E-state index in [1.165, 1.54) is 0 Å². The fourth-order valence-corrected chi connectivity index (χ4v) is 3.51. The van der Waals surface area contributed by atoms with Crippen molar-refractivity contribution in [2.75, 3.05) is 29.9 Å². The molecule has 0 aliphatic carbocycles. The highest BCUT2D eigenvalue weighted by molar-refractivity contribution is 9.11. The van der Waals surface area contributed by atoms with E-state index in [2.05, 4.69) is 52.0 Å². The van der Waals surface area contributed by atoms with Gasteiger partial charge in [0.05, 0.1) is 18.3 Å². The number of hydrogen-bond acceptors (Lipinski definition) is 5. The van der Waals surface area contributed by atoms with Crippen LogP contribution in [0.3, 0.4) is 0 Å². The van der Waals surface area contributed by atoms with Gasteiger partial charge in [0, 0.05) is 13.1 Å². The number of aromatic nitrogens is 2. The summed E-state index contributed by atoms with van der Waals surface area (Å²) in [4.78, 5) is 23.3. The number of hydrogen-bond donors (Lipinski definition) is 1. The van der Waals surface area contributed by atoms with Gasteiger partial charge in [-0.1, -0.05) is 6.07 Å².